The first-order valence-corrected chi connectivity index (χ1v) is 18.2. The molecule has 5 atom stereocenters. The first kappa shape index (κ1) is 30.8. The van der Waals surface area contributed by atoms with Gasteiger partial charge >= 0.3 is 0 Å². The van der Waals surface area contributed by atoms with Crippen LogP contribution in [0.3, 0.4) is 0 Å². The van der Waals surface area contributed by atoms with E-state index in [0.717, 1.165) is 51.9 Å². The van der Waals surface area contributed by atoms with Crippen LogP contribution in [-0.4, -0.2) is 90.8 Å². The minimum absolute atomic E-state index is 0.0461. The first-order chi connectivity index (χ1) is 22.2. The van der Waals surface area contributed by atoms with Crippen molar-refractivity contribution in [2.75, 3.05) is 46.1 Å². The van der Waals surface area contributed by atoms with Gasteiger partial charge in [0.1, 0.15) is 29.6 Å². The second kappa shape index (κ2) is 11.8. The number of amides is 1. The van der Waals surface area contributed by atoms with Crippen molar-refractivity contribution in [1.82, 2.24) is 20.1 Å². The van der Waals surface area contributed by atoms with Gasteiger partial charge in [0.25, 0.3) is 0 Å². The Morgan fingerprint density at radius 2 is 1.70 bits per heavy atom. The Balaban J connectivity index is 1.01. The lowest BCUT2D eigenvalue weighted by atomic mass is 9.76. The SMILES string of the molecule is Cc1cc(C)cc(-c2[nH]c3sc(C(C)(C)C(=O)C4C5CCC4NC5)cc3c2CCN2CCC(C(=O)N3C[C@@H]4OCO[C@@H]4C3)CC2)c1. The number of piperidine rings is 2. The van der Waals surface area contributed by atoms with E-state index < -0.39 is 5.41 Å². The van der Waals surface area contributed by atoms with Gasteiger partial charge in [-0.25, -0.2) is 0 Å². The van der Waals surface area contributed by atoms with E-state index >= 15 is 0 Å². The third-order valence-corrected chi connectivity index (χ3v) is 13.2. The minimum Gasteiger partial charge on any atom is -0.348 e. The molecule has 6 heterocycles. The van der Waals surface area contributed by atoms with Crippen LogP contribution in [0.4, 0.5) is 0 Å². The number of likely N-dealkylation sites (tertiary alicyclic amines) is 2. The van der Waals surface area contributed by atoms with E-state index in [1.165, 1.54) is 49.5 Å². The topological polar surface area (TPSA) is 86.9 Å². The molecule has 0 spiro atoms. The monoisotopic (exact) mass is 644 g/mol. The molecule has 2 aromatic heterocycles. The lowest BCUT2D eigenvalue weighted by Gasteiger charge is -2.33. The summed E-state index contributed by atoms with van der Waals surface area (Å²) in [6.45, 7) is 14.1. The fourth-order valence-corrected chi connectivity index (χ4v) is 10.3. The number of hydrogen-bond acceptors (Lipinski definition) is 7. The van der Waals surface area contributed by atoms with Crippen molar-refractivity contribution in [2.24, 2.45) is 17.8 Å². The second-order valence-electron chi connectivity index (χ2n) is 15.2. The molecule has 3 unspecified atom stereocenters. The highest BCUT2D eigenvalue weighted by Gasteiger charge is 2.50. The van der Waals surface area contributed by atoms with E-state index in [1.54, 1.807) is 11.3 Å². The van der Waals surface area contributed by atoms with Crippen molar-refractivity contribution < 1.29 is 19.1 Å². The van der Waals surface area contributed by atoms with Crippen molar-refractivity contribution in [3.05, 3.63) is 45.8 Å². The average Bonchev–Trinajstić information content (AvgIpc) is 3.88. The van der Waals surface area contributed by atoms with Gasteiger partial charge in [0, 0.05) is 47.8 Å². The maximum Gasteiger partial charge on any atom is 0.225 e. The zero-order valence-electron chi connectivity index (χ0n) is 27.7. The van der Waals surface area contributed by atoms with Crippen LogP contribution in [-0.2, 0) is 30.9 Å². The van der Waals surface area contributed by atoms with Crippen LogP contribution in [0.2, 0.25) is 0 Å². The largest absolute Gasteiger partial charge is 0.348 e. The number of H-pyrrole nitrogens is 1. The third kappa shape index (κ3) is 5.36. The summed E-state index contributed by atoms with van der Waals surface area (Å²) in [5.74, 6) is 1.40. The van der Waals surface area contributed by atoms with E-state index in [1.807, 2.05) is 4.90 Å². The van der Waals surface area contributed by atoms with Gasteiger partial charge in [-0.05, 0) is 115 Å². The summed E-state index contributed by atoms with van der Waals surface area (Å²) in [5, 5.41) is 4.86. The molecule has 246 valence electrons. The Bertz CT molecular complexity index is 1600. The average molecular weight is 645 g/mol. The molecule has 8 rings (SSSR count). The molecule has 1 saturated carbocycles. The molecule has 2 N–H and O–H groups in total. The number of benzene rings is 1. The number of ether oxygens (including phenoxy) is 2. The molecule has 1 amide bonds. The molecule has 3 aromatic rings. The molecule has 46 heavy (non-hydrogen) atoms. The maximum absolute atomic E-state index is 14.0. The van der Waals surface area contributed by atoms with Crippen LogP contribution in [0, 0.1) is 31.6 Å². The summed E-state index contributed by atoms with van der Waals surface area (Å²) in [5.41, 5.74) is 5.79. The Hall–Kier alpha value is -2.56. The van der Waals surface area contributed by atoms with Crippen molar-refractivity contribution in [3.63, 3.8) is 0 Å². The summed E-state index contributed by atoms with van der Waals surface area (Å²) < 4.78 is 11.3. The number of nitrogens with zero attached hydrogens (tertiary/aromatic N) is 2. The summed E-state index contributed by atoms with van der Waals surface area (Å²) >= 11 is 1.76. The molecule has 4 aliphatic heterocycles. The smallest absolute Gasteiger partial charge is 0.225 e. The summed E-state index contributed by atoms with van der Waals surface area (Å²) in [6.07, 6.45) is 5.11. The van der Waals surface area contributed by atoms with Gasteiger partial charge in [0.05, 0.1) is 11.1 Å². The molecule has 0 radical (unpaired) electrons. The molecule has 9 heteroatoms. The Morgan fingerprint density at radius 1 is 0.978 bits per heavy atom. The number of carbonyl (C=O) groups is 2. The summed E-state index contributed by atoms with van der Waals surface area (Å²) in [4.78, 5) is 38.0. The number of thiophene rings is 1. The molecule has 2 bridgehead atoms. The van der Waals surface area contributed by atoms with Gasteiger partial charge in [0.15, 0.2) is 0 Å². The van der Waals surface area contributed by atoms with Crippen LogP contribution in [0.1, 0.15) is 61.1 Å². The zero-order valence-corrected chi connectivity index (χ0v) is 28.5. The molecular weight excluding hydrogens is 596 g/mol. The fraction of sp³-hybridized carbons (Fsp3) is 0.622. The third-order valence-electron chi connectivity index (χ3n) is 11.8. The summed E-state index contributed by atoms with van der Waals surface area (Å²) in [6, 6.07) is 9.46. The number of aromatic amines is 1. The Labute approximate surface area is 276 Å². The predicted molar refractivity (Wildman–Crippen MR) is 181 cm³/mol. The van der Waals surface area contributed by atoms with Crippen LogP contribution in [0.15, 0.2) is 24.3 Å². The lowest BCUT2D eigenvalue weighted by Crippen LogP contribution is -2.43. The number of aromatic nitrogens is 1. The van der Waals surface area contributed by atoms with Crippen LogP contribution >= 0.6 is 11.3 Å². The van der Waals surface area contributed by atoms with Gasteiger partial charge in [-0.1, -0.05) is 17.2 Å². The number of hydrogen-bond donors (Lipinski definition) is 2. The van der Waals surface area contributed by atoms with E-state index in [-0.39, 0.29) is 30.0 Å². The number of rotatable bonds is 8. The predicted octanol–water partition coefficient (Wildman–Crippen LogP) is 5.20. The number of carbonyl (C=O) groups excluding carboxylic acids is 2. The van der Waals surface area contributed by atoms with E-state index in [9.17, 15) is 9.59 Å². The van der Waals surface area contributed by atoms with E-state index in [4.69, 9.17) is 9.47 Å². The van der Waals surface area contributed by atoms with Crippen molar-refractivity contribution >= 4 is 33.2 Å². The normalized spacial score (nSPS) is 28.5. The van der Waals surface area contributed by atoms with Crippen molar-refractivity contribution in [2.45, 2.75) is 83.5 Å². The van der Waals surface area contributed by atoms with Gasteiger partial charge in [0.2, 0.25) is 5.91 Å². The molecule has 5 fully saturated rings. The van der Waals surface area contributed by atoms with Gasteiger partial charge < -0.3 is 29.6 Å². The van der Waals surface area contributed by atoms with Crippen LogP contribution in [0.5, 0.6) is 0 Å². The zero-order chi connectivity index (χ0) is 31.7. The Kier molecular flexibility index (Phi) is 7.92. The highest BCUT2D eigenvalue weighted by atomic mass is 32.1. The highest BCUT2D eigenvalue weighted by molar-refractivity contribution is 7.19. The number of fused-ring (bicyclic) bond motifs is 4. The fourth-order valence-electron chi connectivity index (χ4n) is 9.13. The van der Waals surface area contributed by atoms with Crippen molar-refractivity contribution in [3.8, 4) is 11.3 Å². The van der Waals surface area contributed by atoms with E-state index in [0.29, 0.717) is 37.6 Å². The molecule has 1 aromatic carbocycles. The van der Waals surface area contributed by atoms with Gasteiger partial charge in [-0.3, -0.25) is 9.59 Å². The number of ketones is 1. The molecule has 5 aliphatic rings. The van der Waals surface area contributed by atoms with Crippen molar-refractivity contribution in [1.29, 1.82) is 0 Å². The van der Waals surface area contributed by atoms with Gasteiger partial charge in [-0.2, -0.15) is 0 Å². The molecule has 4 saturated heterocycles. The quantitative estimate of drug-likeness (QED) is 0.351. The number of nitrogens with one attached hydrogen (secondary N) is 2. The maximum atomic E-state index is 14.0. The van der Waals surface area contributed by atoms with Gasteiger partial charge in [-0.15, -0.1) is 11.3 Å². The van der Waals surface area contributed by atoms with E-state index in [2.05, 4.69) is 67.2 Å². The Morgan fingerprint density at radius 3 is 2.33 bits per heavy atom. The first-order valence-electron chi connectivity index (χ1n) is 17.4. The highest BCUT2D eigenvalue weighted by Crippen LogP contribution is 2.45. The van der Waals surface area contributed by atoms with Crippen LogP contribution in [0.25, 0.3) is 21.5 Å². The summed E-state index contributed by atoms with van der Waals surface area (Å²) in [7, 11) is 0. The van der Waals surface area contributed by atoms with Crippen LogP contribution < -0.4 is 5.32 Å². The molecular formula is C37H48N4O4S. The molecule has 8 nitrogen and oxygen atoms in total. The second-order valence-corrected chi connectivity index (χ2v) is 16.3. The number of aryl methyl sites for hydroxylation is 2. The minimum atomic E-state index is -0.514. The standard InChI is InChI=1S/C37H48N4O4S/c1-21-13-22(2)15-25(14-21)33-26(9-12-40-10-7-23(8-11-40)36(43)41-18-29-30(19-41)45-20-44-29)27-16-31(46-35(27)39-33)37(3,4)34(42)32-24-5-6-28(32)38-17-24/h13-16,23-24,28-30,32,38-39H,5-12,17-20H2,1-4H3/t24?,28?,29-,30+,32?. The lowest BCUT2D eigenvalue weighted by molar-refractivity contribution is -0.137. The number of Topliss-reactive ketones (excluding diaryl/α,β-unsaturated/α-hetero) is 1. The molecule has 1 aliphatic carbocycles.